The Hall–Kier alpha value is -0.422. The second-order valence-corrected chi connectivity index (χ2v) is 1.45. The number of aldehydes is 1. The minimum Gasteiger partial charge on any atom is -0.300 e. The van der Waals surface area contributed by atoms with E-state index in [9.17, 15) is 4.79 Å². The molecule has 0 aliphatic heterocycles. The zero-order valence-electron chi connectivity index (χ0n) is 4.70. The molecule has 0 saturated carbocycles. The van der Waals surface area contributed by atoms with E-state index in [1.807, 2.05) is 0 Å². The normalized spacial score (nSPS) is 7.56. The van der Waals surface area contributed by atoms with E-state index in [-0.39, 0.29) is 21.1 Å². The van der Waals surface area contributed by atoms with Crippen LogP contribution in [0.25, 0.3) is 0 Å². The Morgan fingerprint density at radius 3 is 2.22 bits per heavy atom. The standard InChI is InChI=1S/C7H5O.W/c8-6-7-4-2-1-3-5-7;/h2-6H;/q-1;. The molecule has 0 bridgehead atoms. The van der Waals surface area contributed by atoms with Crippen molar-refractivity contribution in [2.24, 2.45) is 0 Å². The summed E-state index contributed by atoms with van der Waals surface area (Å²) in [6, 6.07) is 9.66. The Morgan fingerprint density at radius 2 is 1.89 bits per heavy atom. The van der Waals surface area contributed by atoms with Crippen LogP contribution >= 0.6 is 0 Å². The van der Waals surface area contributed by atoms with E-state index in [2.05, 4.69) is 6.07 Å². The molecule has 0 aliphatic rings. The maximum atomic E-state index is 9.99. The molecule has 0 spiro atoms. The summed E-state index contributed by atoms with van der Waals surface area (Å²) in [5.74, 6) is 0. The number of carbonyl (C=O) groups is 1. The molecular formula is C7H5OW-. The zero-order chi connectivity index (χ0) is 5.82. The van der Waals surface area contributed by atoms with Gasteiger partial charge in [0.15, 0.2) is 0 Å². The summed E-state index contributed by atoms with van der Waals surface area (Å²) in [6.45, 7) is 0. The topological polar surface area (TPSA) is 17.1 Å². The van der Waals surface area contributed by atoms with Gasteiger partial charge in [-0.1, -0.05) is 5.56 Å². The Bertz CT molecular complexity index is 172. The SMILES string of the molecule is O=Cc1cc[c-]cc1.[W]. The molecule has 0 aliphatic carbocycles. The van der Waals surface area contributed by atoms with Crippen LogP contribution in [0.2, 0.25) is 0 Å². The molecule has 0 saturated heterocycles. The molecule has 0 atom stereocenters. The van der Waals surface area contributed by atoms with Gasteiger partial charge in [-0.05, 0) is 0 Å². The van der Waals surface area contributed by atoms with Gasteiger partial charge in [0.25, 0.3) is 0 Å². The molecule has 1 rings (SSSR count). The van der Waals surface area contributed by atoms with Gasteiger partial charge in [0.05, 0.1) is 0 Å². The third-order valence-corrected chi connectivity index (χ3v) is 0.880. The first kappa shape index (κ1) is 8.58. The minimum atomic E-state index is 0. The predicted molar refractivity (Wildman–Crippen MR) is 30.7 cm³/mol. The molecule has 0 amide bonds. The second-order valence-electron chi connectivity index (χ2n) is 1.45. The summed E-state index contributed by atoms with van der Waals surface area (Å²) in [7, 11) is 0. The summed E-state index contributed by atoms with van der Waals surface area (Å²) >= 11 is 0. The van der Waals surface area contributed by atoms with Crippen LogP contribution in [0.1, 0.15) is 10.4 Å². The maximum Gasteiger partial charge on any atom is 0.126 e. The fourth-order valence-electron chi connectivity index (χ4n) is 0.478. The number of hydrogen-bond donors (Lipinski definition) is 0. The third-order valence-electron chi connectivity index (χ3n) is 0.880. The van der Waals surface area contributed by atoms with Gasteiger partial charge in [0.1, 0.15) is 6.29 Å². The van der Waals surface area contributed by atoms with Crippen LogP contribution in [0, 0.1) is 6.07 Å². The predicted octanol–water partition coefficient (Wildman–Crippen LogP) is 1.30. The number of hydrogen-bond acceptors (Lipinski definition) is 1. The molecule has 0 N–H and O–H groups in total. The molecule has 46 valence electrons. The van der Waals surface area contributed by atoms with E-state index >= 15 is 0 Å². The Morgan fingerprint density at radius 1 is 1.33 bits per heavy atom. The summed E-state index contributed by atoms with van der Waals surface area (Å²) in [6.07, 6.45) is 0.813. The molecule has 0 unspecified atom stereocenters. The summed E-state index contributed by atoms with van der Waals surface area (Å²) < 4.78 is 0. The van der Waals surface area contributed by atoms with Crippen molar-refractivity contribution < 1.29 is 25.9 Å². The second kappa shape index (κ2) is 4.46. The van der Waals surface area contributed by atoms with Crippen molar-refractivity contribution in [3.63, 3.8) is 0 Å². The summed E-state index contributed by atoms with van der Waals surface area (Å²) in [4.78, 5) is 9.99. The fraction of sp³-hybridized carbons (Fsp3) is 0. The monoisotopic (exact) mass is 289 g/mol. The van der Waals surface area contributed by atoms with Gasteiger partial charge in [-0.2, -0.15) is 30.3 Å². The Labute approximate surface area is 68.3 Å². The van der Waals surface area contributed by atoms with Gasteiger partial charge in [-0.25, -0.2) is 0 Å². The van der Waals surface area contributed by atoms with Crippen LogP contribution in [0.5, 0.6) is 0 Å². The van der Waals surface area contributed by atoms with Crippen LogP contribution < -0.4 is 0 Å². The van der Waals surface area contributed by atoms with Gasteiger partial charge >= 0.3 is 0 Å². The van der Waals surface area contributed by atoms with E-state index in [1.54, 1.807) is 24.3 Å². The van der Waals surface area contributed by atoms with Crippen molar-refractivity contribution in [3.8, 4) is 0 Å². The van der Waals surface area contributed by atoms with E-state index in [1.165, 1.54) is 0 Å². The first-order valence-electron chi connectivity index (χ1n) is 2.35. The van der Waals surface area contributed by atoms with Crippen molar-refractivity contribution in [2.45, 2.75) is 0 Å². The molecule has 1 aromatic rings. The molecule has 2 heteroatoms. The van der Waals surface area contributed by atoms with Crippen LogP contribution in [-0.2, 0) is 21.1 Å². The van der Waals surface area contributed by atoms with Gasteiger partial charge in [0, 0.05) is 21.1 Å². The van der Waals surface area contributed by atoms with Gasteiger partial charge < -0.3 is 4.79 Å². The molecule has 1 aromatic carbocycles. The Balaban J connectivity index is 0.000000640. The maximum absolute atomic E-state index is 9.99. The van der Waals surface area contributed by atoms with Gasteiger partial charge in [-0.15, -0.1) is 0 Å². The average Bonchev–Trinajstić information content (AvgIpc) is 1.90. The van der Waals surface area contributed by atoms with E-state index in [0.29, 0.717) is 5.56 Å². The van der Waals surface area contributed by atoms with Crippen LogP contribution in [0.15, 0.2) is 24.3 Å². The van der Waals surface area contributed by atoms with Crippen molar-refractivity contribution >= 4 is 6.29 Å². The number of benzene rings is 1. The van der Waals surface area contributed by atoms with Crippen LogP contribution in [0.3, 0.4) is 0 Å². The first-order valence-corrected chi connectivity index (χ1v) is 2.35. The molecule has 0 heterocycles. The van der Waals surface area contributed by atoms with Crippen LogP contribution in [0.4, 0.5) is 0 Å². The minimum absolute atomic E-state index is 0. The van der Waals surface area contributed by atoms with Crippen molar-refractivity contribution in [2.75, 3.05) is 0 Å². The molecule has 0 aromatic heterocycles. The zero-order valence-corrected chi connectivity index (χ0v) is 7.64. The van der Waals surface area contributed by atoms with Crippen molar-refractivity contribution in [3.05, 3.63) is 35.9 Å². The van der Waals surface area contributed by atoms with E-state index in [0.717, 1.165) is 6.29 Å². The van der Waals surface area contributed by atoms with Gasteiger partial charge in [0.2, 0.25) is 0 Å². The van der Waals surface area contributed by atoms with Crippen LogP contribution in [-0.4, -0.2) is 6.29 Å². The quantitative estimate of drug-likeness (QED) is 0.562. The van der Waals surface area contributed by atoms with Crippen molar-refractivity contribution in [1.82, 2.24) is 0 Å². The average molecular weight is 289 g/mol. The third kappa shape index (κ3) is 2.57. The largest absolute Gasteiger partial charge is 0.300 e. The molecule has 0 radical (unpaired) electrons. The van der Waals surface area contributed by atoms with Crippen molar-refractivity contribution in [1.29, 1.82) is 0 Å². The van der Waals surface area contributed by atoms with Gasteiger partial charge in [-0.3, -0.25) is 0 Å². The number of carbonyl (C=O) groups excluding carboxylic acids is 1. The summed E-state index contributed by atoms with van der Waals surface area (Å²) in [5.41, 5.74) is 0.698. The van der Waals surface area contributed by atoms with E-state index < -0.39 is 0 Å². The van der Waals surface area contributed by atoms with E-state index in [4.69, 9.17) is 0 Å². The molecule has 9 heavy (non-hydrogen) atoms. The molecular weight excluding hydrogens is 284 g/mol. The fourth-order valence-corrected chi connectivity index (χ4v) is 0.478. The smallest absolute Gasteiger partial charge is 0.126 e. The first-order chi connectivity index (χ1) is 3.93. The molecule has 0 fully saturated rings. The summed E-state index contributed by atoms with van der Waals surface area (Å²) in [5, 5.41) is 0. The Kier molecular flexibility index (Phi) is 4.25. The number of rotatable bonds is 1. The molecule has 1 nitrogen and oxygen atoms in total.